The minimum Gasteiger partial charge on any atom is -0.307 e. The Labute approximate surface area is 129 Å². The molecule has 0 saturated carbocycles. The number of halogens is 1. The lowest BCUT2D eigenvalue weighted by atomic mass is 9.84. The van der Waals surface area contributed by atoms with Crippen molar-refractivity contribution in [2.24, 2.45) is 5.92 Å². The molecule has 1 unspecified atom stereocenters. The van der Waals surface area contributed by atoms with Crippen LogP contribution in [-0.2, 0) is 12.4 Å². The van der Waals surface area contributed by atoms with E-state index in [4.69, 9.17) is 16.6 Å². The molecule has 3 aliphatic heterocycles. The van der Waals surface area contributed by atoms with E-state index in [0.717, 1.165) is 36.0 Å². The lowest BCUT2D eigenvalue weighted by Crippen LogP contribution is -2.48. The van der Waals surface area contributed by atoms with E-state index in [-0.39, 0.29) is 0 Å². The van der Waals surface area contributed by atoms with Gasteiger partial charge in [0.1, 0.15) is 11.3 Å². The van der Waals surface area contributed by atoms with Gasteiger partial charge in [-0.3, -0.25) is 0 Å². The lowest BCUT2D eigenvalue weighted by molar-refractivity contribution is 0.0573. The first-order valence-electron chi connectivity index (χ1n) is 7.95. The predicted octanol–water partition coefficient (Wildman–Crippen LogP) is 2.57. The average molecular weight is 308 g/mol. The van der Waals surface area contributed by atoms with Gasteiger partial charge in [0.25, 0.3) is 0 Å². The maximum Gasteiger partial charge on any atom is 0.159 e. The molecule has 114 valence electrons. The van der Waals surface area contributed by atoms with Crippen molar-refractivity contribution in [1.82, 2.24) is 24.2 Å². The maximum absolute atomic E-state index is 6.20. The van der Waals surface area contributed by atoms with Gasteiger partial charge in [-0.25, -0.2) is 9.67 Å². The van der Waals surface area contributed by atoms with E-state index in [1.165, 1.54) is 31.6 Å². The van der Waals surface area contributed by atoms with Crippen LogP contribution in [0.5, 0.6) is 0 Å². The quantitative estimate of drug-likeness (QED) is 0.818. The van der Waals surface area contributed by atoms with Crippen LogP contribution in [0.15, 0.2) is 0 Å². The van der Waals surface area contributed by atoms with Crippen molar-refractivity contribution in [3.63, 3.8) is 0 Å². The van der Waals surface area contributed by atoms with E-state index in [1.54, 1.807) is 0 Å². The molecule has 6 heteroatoms. The second-order valence-corrected chi connectivity index (χ2v) is 6.58. The number of hydrogen-bond donors (Lipinski definition) is 0. The molecule has 3 saturated heterocycles. The number of alkyl halides is 1. The molecule has 5 nitrogen and oxygen atoms in total. The van der Waals surface area contributed by atoms with Gasteiger partial charge >= 0.3 is 0 Å². The summed E-state index contributed by atoms with van der Waals surface area (Å²) < 4.78 is 4.49. The SMILES string of the molecule is CCn1nc(C)c2nc(CCl)n(C3CN4CCC3CC4)c21. The highest BCUT2D eigenvalue weighted by atomic mass is 35.5. The second kappa shape index (κ2) is 4.99. The van der Waals surface area contributed by atoms with E-state index in [1.807, 2.05) is 6.92 Å². The Hall–Kier alpha value is -1.07. The molecule has 3 aliphatic rings. The van der Waals surface area contributed by atoms with Crippen molar-refractivity contribution < 1.29 is 0 Å². The molecule has 1 atom stereocenters. The molecule has 2 aromatic rings. The van der Waals surface area contributed by atoms with Crippen molar-refractivity contribution in [3.05, 3.63) is 11.5 Å². The summed E-state index contributed by atoms with van der Waals surface area (Å²) >= 11 is 6.20. The fraction of sp³-hybridized carbons (Fsp3) is 0.733. The summed E-state index contributed by atoms with van der Waals surface area (Å²) in [6, 6.07) is 0.507. The molecular formula is C15H22ClN5. The molecule has 2 aromatic heterocycles. The van der Waals surface area contributed by atoms with Crippen molar-refractivity contribution in [2.45, 2.75) is 45.2 Å². The van der Waals surface area contributed by atoms with Gasteiger partial charge in [0, 0.05) is 13.1 Å². The van der Waals surface area contributed by atoms with Gasteiger partial charge < -0.3 is 9.47 Å². The monoisotopic (exact) mass is 307 g/mol. The van der Waals surface area contributed by atoms with Crippen LogP contribution in [0.3, 0.4) is 0 Å². The summed E-state index contributed by atoms with van der Waals surface area (Å²) in [6.07, 6.45) is 2.59. The summed E-state index contributed by atoms with van der Waals surface area (Å²) in [5.41, 5.74) is 3.21. The Morgan fingerprint density at radius 2 is 2.05 bits per heavy atom. The molecule has 5 heterocycles. The number of aryl methyl sites for hydroxylation is 2. The average Bonchev–Trinajstić information content (AvgIpc) is 3.06. The van der Waals surface area contributed by atoms with Crippen molar-refractivity contribution in [2.75, 3.05) is 19.6 Å². The minimum absolute atomic E-state index is 0.473. The van der Waals surface area contributed by atoms with Gasteiger partial charge in [-0.05, 0) is 45.7 Å². The Balaban J connectivity index is 1.90. The van der Waals surface area contributed by atoms with E-state index in [0.29, 0.717) is 11.9 Å². The largest absolute Gasteiger partial charge is 0.307 e. The molecule has 0 N–H and O–H groups in total. The lowest BCUT2D eigenvalue weighted by Gasteiger charge is -2.45. The topological polar surface area (TPSA) is 38.9 Å². The Morgan fingerprint density at radius 3 is 2.62 bits per heavy atom. The number of piperidine rings is 3. The van der Waals surface area contributed by atoms with E-state index >= 15 is 0 Å². The first kappa shape index (κ1) is 13.6. The molecule has 0 spiro atoms. The van der Waals surface area contributed by atoms with Gasteiger partial charge in [-0.1, -0.05) is 0 Å². The van der Waals surface area contributed by atoms with E-state index in [2.05, 4.69) is 26.2 Å². The molecule has 0 aromatic carbocycles. The molecule has 2 bridgehead atoms. The van der Waals surface area contributed by atoms with Crippen LogP contribution in [0, 0.1) is 12.8 Å². The summed E-state index contributed by atoms with van der Waals surface area (Å²) in [6.45, 7) is 8.69. The second-order valence-electron chi connectivity index (χ2n) is 6.31. The highest BCUT2D eigenvalue weighted by Crippen LogP contribution is 2.38. The maximum atomic E-state index is 6.20. The van der Waals surface area contributed by atoms with Crippen molar-refractivity contribution >= 4 is 22.8 Å². The van der Waals surface area contributed by atoms with Crippen LogP contribution < -0.4 is 0 Å². The minimum atomic E-state index is 0.473. The molecule has 0 aliphatic carbocycles. The van der Waals surface area contributed by atoms with Gasteiger partial charge in [-0.15, -0.1) is 11.6 Å². The van der Waals surface area contributed by atoms with Gasteiger partial charge in [-0.2, -0.15) is 5.10 Å². The van der Waals surface area contributed by atoms with Crippen molar-refractivity contribution in [3.8, 4) is 0 Å². The zero-order valence-corrected chi connectivity index (χ0v) is 13.5. The third-order valence-corrected chi connectivity index (χ3v) is 5.43. The molecule has 5 rings (SSSR count). The van der Waals surface area contributed by atoms with Crippen LogP contribution in [0.25, 0.3) is 11.2 Å². The normalized spacial score (nSPS) is 28.6. The summed E-state index contributed by atoms with van der Waals surface area (Å²) in [5.74, 6) is 2.24. The standard InChI is InChI=1S/C15H22ClN5/c1-3-20-15-14(10(2)18-20)17-13(8-16)21(15)12-9-19-6-4-11(12)5-7-19/h11-12H,3-9H2,1-2H3. The van der Waals surface area contributed by atoms with Crippen LogP contribution in [-0.4, -0.2) is 43.9 Å². The van der Waals surface area contributed by atoms with Gasteiger partial charge in [0.2, 0.25) is 0 Å². The molecular weight excluding hydrogens is 286 g/mol. The summed E-state index contributed by atoms with van der Waals surface area (Å²) in [7, 11) is 0. The van der Waals surface area contributed by atoms with E-state index in [9.17, 15) is 0 Å². The Kier molecular flexibility index (Phi) is 3.23. The zero-order valence-electron chi connectivity index (χ0n) is 12.7. The van der Waals surface area contributed by atoms with Crippen LogP contribution in [0.4, 0.5) is 0 Å². The highest BCUT2D eigenvalue weighted by molar-refractivity contribution is 6.16. The summed E-state index contributed by atoms with van der Waals surface area (Å²) in [4.78, 5) is 7.36. The third kappa shape index (κ3) is 1.94. The number of hydrogen-bond acceptors (Lipinski definition) is 3. The van der Waals surface area contributed by atoms with Gasteiger partial charge in [0.05, 0.1) is 17.6 Å². The van der Waals surface area contributed by atoms with Crippen LogP contribution >= 0.6 is 11.6 Å². The zero-order chi connectivity index (χ0) is 14.6. The fourth-order valence-electron chi connectivity index (χ4n) is 4.12. The molecule has 3 fully saturated rings. The third-order valence-electron chi connectivity index (χ3n) is 5.19. The molecule has 21 heavy (non-hydrogen) atoms. The smallest absolute Gasteiger partial charge is 0.159 e. The Morgan fingerprint density at radius 1 is 1.29 bits per heavy atom. The van der Waals surface area contributed by atoms with Crippen LogP contribution in [0.2, 0.25) is 0 Å². The predicted molar refractivity (Wildman–Crippen MR) is 83.7 cm³/mol. The first-order chi connectivity index (χ1) is 10.2. The molecule has 0 amide bonds. The van der Waals surface area contributed by atoms with Crippen LogP contribution in [0.1, 0.15) is 37.3 Å². The van der Waals surface area contributed by atoms with Gasteiger partial charge in [0.15, 0.2) is 5.65 Å². The highest BCUT2D eigenvalue weighted by Gasteiger charge is 2.37. The van der Waals surface area contributed by atoms with Crippen molar-refractivity contribution in [1.29, 1.82) is 0 Å². The number of rotatable bonds is 3. The number of fused-ring (bicyclic) bond motifs is 4. The summed E-state index contributed by atoms with van der Waals surface area (Å²) in [5, 5.41) is 4.64. The number of imidazole rings is 1. The Bertz CT molecular complexity index is 665. The number of nitrogens with zero attached hydrogens (tertiary/aromatic N) is 5. The first-order valence-corrected chi connectivity index (χ1v) is 8.49. The fourth-order valence-corrected chi connectivity index (χ4v) is 4.31. The number of aromatic nitrogens is 4. The molecule has 0 radical (unpaired) electrons. The van der Waals surface area contributed by atoms with E-state index < -0.39 is 0 Å².